The largest absolute Gasteiger partial charge is 0.507 e. The summed E-state index contributed by atoms with van der Waals surface area (Å²) in [5.74, 6) is 0.484. The quantitative estimate of drug-likeness (QED) is 0.739. The van der Waals surface area contributed by atoms with Crippen LogP contribution in [0.15, 0.2) is 70.4 Å². The number of phenols is 1. The molecule has 1 N–H and O–H groups in total. The minimum absolute atomic E-state index is 0.0845. The van der Waals surface area contributed by atoms with E-state index in [2.05, 4.69) is 6.58 Å². The summed E-state index contributed by atoms with van der Waals surface area (Å²) in [6, 6.07) is 13.9. The summed E-state index contributed by atoms with van der Waals surface area (Å²) in [7, 11) is 0. The summed E-state index contributed by atoms with van der Waals surface area (Å²) < 4.78 is 5.89. The van der Waals surface area contributed by atoms with Crippen LogP contribution in [0.25, 0.3) is 22.3 Å². The molecule has 0 radical (unpaired) electrons. The van der Waals surface area contributed by atoms with Crippen LogP contribution in [0.5, 0.6) is 5.75 Å². The second-order valence-corrected chi connectivity index (χ2v) is 4.74. The topological polar surface area (TPSA) is 50.4 Å². The number of para-hydroxylation sites is 2. The number of hydrogen-bond acceptors (Lipinski definition) is 3. The Morgan fingerprint density at radius 1 is 1.10 bits per heavy atom. The Bertz CT molecular complexity index is 875. The Hall–Kier alpha value is -2.81. The smallest absolute Gasteiger partial charge is 0.196 e. The van der Waals surface area contributed by atoms with Crippen LogP contribution in [0.3, 0.4) is 0 Å². The third-order valence-electron chi connectivity index (χ3n) is 3.39. The number of rotatable bonds is 3. The van der Waals surface area contributed by atoms with Crippen molar-refractivity contribution < 1.29 is 9.52 Å². The molecule has 1 aromatic heterocycles. The van der Waals surface area contributed by atoms with Gasteiger partial charge in [-0.2, -0.15) is 0 Å². The molecule has 0 unspecified atom stereocenters. The zero-order chi connectivity index (χ0) is 14.8. The first-order valence-corrected chi connectivity index (χ1v) is 6.66. The number of hydrogen-bond donors (Lipinski definition) is 1. The Balaban J connectivity index is 2.41. The van der Waals surface area contributed by atoms with Crippen molar-refractivity contribution in [2.24, 2.45) is 0 Å². The second-order valence-electron chi connectivity index (χ2n) is 4.74. The van der Waals surface area contributed by atoms with Crippen LogP contribution >= 0.6 is 0 Å². The molecule has 0 amide bonds. The van der Waals surface area contributed by atoms with Gasteiger partial charge in [0, 0.05) is 5.56 Å². The van der Waals surface area contributed by atoms with Crippen molar-refractivity contribution in [1.29, 1.82) is 0 Å². The van der Waals surface area contributed by atoms with Crippen LogP contribution in [0.4, 0.5) is 0 Å². The molecule has 21 heavy (non-hydrogen) atoms. The van der Waals surface area contributed by atoms with E-state index in [0.717, 1.165) is 0 Å². The zero-order valence-electron chi connectivity index (χ0n) is 11.4. The highest BCUT2D eigenvalue weighted by atomic mass is 16.3. The van der Waals surface area contributed by atoms with Gasteiger partial charge in [-0.1, -0.05) is 30.3 Å². The van der Waals surface area contributed by atoms with E-state index in [9.17, 15) is 9.90 Å². The van der Waals surface area contributed by atoms with Crippen LogP contribution in [0, 0.1) is 0 Å². The second kappa shape index (κ2) is 5.29. The highest BCUT2D eigenvalue weighted by molar-refractivity contribution is 5.81. The van der Waals surface area contributed by atoms with Gasteiger partial charge in [-0.25, -0.2) is 0 Å². The van der Waals surface area contributed by atoms with E-state index in [1.165, 1.54) is 0 Å². The molecule has 0 spiro atoms. The molecule has 0 saturated heterocycles. The minimum Gasteiger partial charge on any atom is -0.507 e. The standard InChI is InChI=1S/C18H14O3/c1-2-7-14-17(20)13-9-4-6-11-16(13)21-18(14)12-8-3-5-10-15(12)19/h2-6,8-11,19H,1,7H2. The first kappa shape index (κ1) is 13.2. The summed E-state index contributed by atoms with van der Waals surface area (Å²) >= 11 is 0. The summed E-state index contributed by atoms with van der Waals surface area (Å²) in [6.45, 7) is 3.69. The van der Waals surface area contributed by atoms with Crippen molar-refractivity contribution in [3.05, 3.63) is 77.0 Å². The lowest BCUT2D eigenvalue weighted by molar-refractivity contribution is 0.474. The maximum absolute atomic E-state index is 12.6. The highest BCUT2D eigenvalue weighted by Crippen LogP contribution is 2.32. The van der Waals surface area contributed by atoms with Crippen molar-refractivity contribution in [1.82, 2.24) is 0 Å². The van der Waals surface area contributed by atoms with Crippen molar-refractivity contribution in [2.45, 2.75) is 6.42 Å². The van der Waals surface area contributed by atoms with Crippen molar-refractivity contribution in [2.75, 3.05) is 0 Å². The van der Waals surface area contributed by atoms with E-state index in [4.69, 9.17) is 4.42 Å². The Labute approximate surface area is 121 Å². The van der Waals surface area contributed by atoms with Crippen LogP contribution < -0.4 is 5.43 Å². The molecule has 0 aliphatic carbocycles. The van der Waals surface area contributed by atoms with Crippen molar-refractivity contribution >= 4 is 11.0 Å². The van der Waals surface area contributed by atoms with E-state index >= 15 is 0 Å². The zero-order valence-corrected chi connectivity index (χ0v) is 11.4. The monoisotopic (exact) mass is 278 g/mol. The summed E-state index contributed by atoms with van der Waals surface area (Å²) in [5.41, 5.74) is 1.44. The molecule has 0 saturated carbocycles. The number of aromatic hydroxyl groups is 1. The van der Waals surface area contributed by atoms with Gasteiger partial charge in [0.2, 0.25) is 0 Å². The van der Waals surface area contributed by atoms with Crippen molar-refractivity contribution in [3.8, 4) is 17.1 Å². The molecule has 3 aromatic rings. The summed E-state index contributed by atoms with van der Waals surface area (Å²) in [6.07, 6.45) is 2.04. The Morgan fingerprint density at radius 3 is 2.57 bits per heavy atom. The van der Waals surface area contributed by atoms with Crippen LogP contribution in [0.2, 0.25) is 0 Å². The third kappa shape index (κ3) is 2.23. The Kier molecular flexibility index (Phi) is 3.32. The number of fused-ring (bicyclic) bond motifs is 1. The fraction of sp³-hybridized carbons (Fsp3) is 0.0556. The summed E-state index contributed by atoms with van der Waals surface area (Å²) in [4.78, 5) is 12.6. The molecule has 2 aromatic carbocycles. The molecule has 0 aliphatic rings. The van der Waals surface area contributed by atoms with Gasteiger partial charge in [-0.15, -0.1) is 6.58 Å². The molecule has 0 atom stereocenters. The maximum atomic E-state index is 12.6. The lowest BCUT2D eigenvalue weighted by Crippen LogP contribution is -2.10. The number of phenolic OH excluding ortho intramolecular Hbond substituents is 1. The molecule has 0 bridgehead atoms. The van der Waals surface area contributed by atoms with Gasteiger partial charge in [0.05, 0.1) is 10.9 Å². The van der Waals surface area contributed by atoms with Crippen LogP contribution in [-0.4, -0.2) is 5.11 Å². The van der Waals surface area contributed by atoms with Gasteiger partial charge >= 0.3 is 0 Å². The predicted molar refractivity (Wildman–Crippen MR) is 83.5 cm³/mol. The van der Waals surface area contributed by atoms with Gasteiger partial charge < -0.3 is 9.52 Å². The maximum Gasteiger partial charge on any atom is 0.196 e. The summed E-state index contributed by atoms with van der Waals surface area (Å²) in [5, 5.41) is 10.6. The first-order valence-electron chi connectivity index (χ1n) is 6.66. The molecule has 3 rings (SSSR count). The lowest BCUT2D eigenvalue weighted by Gasteiger charge is -2.10. The van der Waals surface area contributed by atoms with Gasteiger partial charge in [0.1, 0.15) is 17.1 Å². The molecule has 0 fully saturated rings. The van der Waals surface area contributed by atoms with E-state index in [1.807, 2.05) is 6.07 Å². The predicted octanol–water partition coefficient (Wildman–Crippen LogP) is 3.89. The Morgan fingerprint density at radius 2 is 1.81 bits per heavy atom. The normalized spacial score (nSPS) is 10.7. The third-order valence-corrected chi connectivity index (χ3v) is 3.39. The fourth-order valence-corrected chi connectivity index (χ4v) is 2.39. The van der Waals surface area contributed by atoms with E-state index in [1.54, 1.807) is 48.5 Å². The van der Waals surface area contributed by atoms with E-state index in [-0.39, 0.29) is 11.2 Å². The fourth-order valence-electron chi connectivity index (χ4n) is 2.39. The van der Waals surface area contributed by atoms with Gasteiger partial charge in [0.25, 0.3) is 0 Å². The SMILES string of the molecule is C=CCc1c(-c2ccccc2O)oc2ccccc2c1=O. The van der Waals surface area contributed by atoms with Gasteiger partial charge in [-0.05, 0) is 30.7 Å². The lowest BCUT2D eigenvalue weighted by atomic mass is 10.0. The van der Waals surface area contributed by atoms with E-state index < -0.39 is 0 Å². The molecular formula is C18H14O3. The van der Waals surface area contributed by atoms with Crippen molar-refractivity contribution in [3.63, 3.8) is 0 Å². The highest BCUT2D eigenvalue weighted by Gasteiger charge is 2.16. The van der Waals surface area contributed by atoms with Crippen LogP contribution in [0.1, 0.15) is 5.56 Å². The number of allylic oxidation sites excluding steroid dienone is 1. The molecular weight excluding hydrogens is 264 g/mol. The average molecular weight is 278 g/mol. The molecule has 3 nitrogen and oxygen atoms in total. The average Bonchev–Trinajstić information content (AvgIpc) is 2.51. The molecule has 0 aliphatic heterocycles. The van der Waals surface area contributed by atoms with Gasteiger partial charge in [0.15, 0.2) is 5.43 Å². The minimum atomic E-state index is -0.0880. The van der Waals surface area contributed by atoms with E-state index in [0.29, 0.717) is 34.3 Å². The first-order chi connectivity index (χ1) is 10.2. The molecule has 3 heteroatoms. The molecule has 104 valence electrons. The molecule has 1 heterocycles. The number of benzene rings is 2. The van der Waals surface area contributed by atoms with Gasteiger partial charge in [-0.3, -0.25) is 4.79 Å². The van der Waals surface area contributed by atoms with Crippen LogP contribution in [-0.2, 0) is 6.42 Å².